The predicted octanol–water partition coefficient (Wildman–Crippen LogP) is 0.828. The Hall–Kier alpha value is -2.71. The van der Waals surface area contributed by atoms with E-state index in [1.54, 1.807) is 6.92 Å². The van der Waals surface area contributed by atoms with E-state index in [0.29, 0.717) is 5.56 Å². The van der Waals surface area contributed by atoms with Crippen LogP contribution in [0.5, 0.6) is 0 Å². The fraction of sp³-hybridized carbons (Fsp3) is 0.176. The lowest BCUT2D eigenvalue weighted by atomic mass is 10.1. The van der Waals surface area contributed by atoms with Crippen molar-refractivity contribution >= 4 is 21.8 Å². The highest BCUT2D eigenvalue weighted by molar-refractivity contribution is 7.89. The second kappa shape index (κ2) is 7.91. The quantitative estimate of drug-likeness (QED) is 0.683. The highest BCUT2D eigenvalue weighted by Crippen LogP contribution is 2.11. The van der Waals surface area contributed by atoms with Crippen LogP contribution in [0.15, 0.2) is 59.5 Å². The first kappa shape index (κ1) is 18.6. The van der Waals surface area contributed by atoms with Crippen LogP contribution in [0.1, 0.15) is 24.1 Å². The largest absolute Gasteiger partial charge is 0.344 e. The zero-order valence-corrected chi connectivity index (χ0v) is 14.4. The molecule has 0 spiro atoms. The van der Waals surface area contributed by atoms with Gasteiger partial charge in [0.25, 0.3) is 0 Å². The minimum Gasteiger partial charge on any atom is -0.344 e. The number of nitrogens with two attached hydrogens (primary N) is 1. The molecule has 2 rings (SSSR count). The molecule has 2 amide bonds. The Kier molecular flexibility index (Phi) is 5.89. The summed E-state index contributed by atoms with van der Waals surface area (Å²) in [6.07, 6.45) is 0. The molecular formula is C17H19N3O4S. The van der Waals surface area contributed by atoms with E-state index < -0.39 is 21.8 Å². The third-order valence-electron chi connectivity index (χ3n) is 3.56. The van der Waals surface area contributed by atoms with Gasteiger partial charge < -0.3 is 10.6 Å². The maximum atomic E-state index is 11.9. The molecule has 0 fully saturated rings. The van der Waals surface area contributed by atoms with E-state index in [1.165, 1.54) is 24.3 Å². The van der Waals surface area contributed by atoms with Crippen LogP contribution in [0.25, 0.3) is 0 Å². The Morgan fingerprint density at radius 2 is 1.60 bits per heavy atom. The van der Waals surface area contributed by atoms with Crippen molar-refractivity contribution in [2.45, 2.75) is 24.4 Å². The summed E-state index contributed by atoms with van der Waals surface area (Å²) < 4.78 is 22.3. The Balaban J connectivity index is 1.88. The molecule has 0 saturated heterocycles. The van der Waals surface area contributed by atoms with Crippen LogP contribution < -0.4 is 15.8 Å². The van der Waals surface area contributed by atoms with Gasteiger partial charge in [-0.2, -0.15) is 0 Å². The van der Waals surface area contributed by atoms with Gasteiger partial charge in [0.05, 0.1) is 10.9 Å². The number of nitrogens with one attached hydrogen (secondary N) is 2. The number of amides is 2. The van der Waals surface area contributed by atoms with Crippen molar-refractivity contribution in [1.82, 2.24) is 10.6 Å². The molecule has 0 heterocycles. The molecule has 25 heavy (non-hydrogen) atoms. The smallest absolute Gasteiger partial charge is 0.309 e. The van der Waals surface area contributed by atoms with E-state index in [0.717, 1.165) is 5.56 Å². The first-order valence-electron chi connectivity index (χ1n) is 7.53. The van der Waals surface area contributed by atoms with Crippen molar-refractivity contribution < 1.29 is 18.0 Å². The highest BCUT2D eigenvalue weighted by atomic mass is 32.2. The number of carbonyl (C=O) groups excluding carboxylic acids is 2. The Morgan fingerprint density at radius 3 is 2.16 bits per heavy atom. The topological polar surface area (TPSA) is 118 Å². The molecule has 0 saturated carbocycles. The van der Waals surface area contributed by atoms with Crippen LogP contribution in [0.4, 0.5) is 0 Å². The van der Waals surface area contributed by atoms with Crippen molar-refractivity contribution in [3.05, 3.63) is 65.7 Å². The van der Waals surface area contributed by atoms with Crippen LogP contribution in [0.2, 0.25) is 0 Å². The van der Waals surface area contributed by atoms with Crippen LogP contribution in [0, 0.1) is 0 Å². The Morgan fingerprint density at radius 1 is 1.00 bits per heavy atom. The summed E-state index contributed by atoms with van der Waals surface area (Å²) in [6.45, 7) is 1.88. The van der Waals surface area contributed by atoms with Gasteiger partial charge in [0, 0.05) is 6.54 Å². The monoisotopic (exact) mass is 361 g/mol. The molecule has 4 N–H and O–H groups in total. The van der Waals surface area contributed by atoms with Crippen molar-refractivity contribution in [3.63, 3.8) is 0 Å². The van der Waals surface area contributed by atoms with Gasteiger partial charge in [0.15, 0.2) is 0 Å². The number of sulfonamides is 1. The van der Waals surface area contributed by atoms with Crippen molar-refractivity contribution in [2.75, 3.05) is 0 Å². The molecule has 0 aliphatic heterocycles. The van der Waals surface area contributed by atoms with Gasteiger partial charge >= 0.3 is 11.8 Å². The molecule has 8 heteroatoms. The fourth-order valence-corrected chi connectivity index (χ4v) is 2.66. The van der Waals surface area contributed by atoms with Gasteiger partial charge in [0.2, 0.25) is 10.0 Å². The number of benzene rings is 2. The van der Waals surface area contributed by atoms with Crippen LogP contribution in [-0.2, 0) is 26.2 Å². The zero-order chi connectivity index (χ0) is 18.4. The lowest BCUT2D eigenvalue weighted by molar-refractivity contribution is -0.139. The molecule has 2 aromatic carbocycles. The molecule has 0 aliphatic rings. The molecule has 7 nitrogen and oxygen atoms in total. The number of hydrogen-bond acceptors (Lipinski definition) is 4. The van der Waals surface area contributed by atoms with E-state index in [2.05, 4.69) is 10.6 Å². The van der Waals surface area contributed by atoms with Crippen molar-refractivity contribution in [2.24, 2.45) is 5.14 Å². The summed E-state index contributed by atoms with van der Waals surface area (Å²) in [7, 11) is -3.76. The van der Waals surface area contributed by atoms with Gasteiger partial charge in [-0.05, 0) is 30.2 Å². The molecule has 0 bridgehead atoms. The molecule has 0 aromatic heterocycles. The first-order valence-corrected chi connectivity index (χ1v) is 9.07. The minimum atomic E-state index is -3.76. The minimum absolute atomic E-state index is 0.0167. The molecule has 132 valence electrons. The lowest BCUT2D eigenvalue weighted by Crippen LogP contribution is -2.40. The maximum Gasteiger partial charge on any atom is 0.309 e. The number of carbonyl (C=O) groups is 2. The summed E-state index contributed by atoms with van der Waals surface area (Å²) in [5, 5.41) is 10.1. The van der Waals surface area contributed by atoms with Crippen LogP contribution >= 0.6 is 0 Å². The van der Waals surface area contributed by atoms with E-state index in [4.69, 9.17) is 5.14 Å². The predicted molar refractivity (Wildman–Crippen MR) is 92.7 cm³/mol. The summed E-state index contributed by atoms with van der Waals surface area (Å²) in [4.78, 5) is 23.8. The first-order chi connectivity index (χ1) is 11.8. The fourth-order valence-electron chi connectivity index (χ4n) is 2.15. The van der Waals surface area contributed by atoms with E-state index in [-0.39, 0.29) is 17.5 Å². The number of hydrogen-bond donors (Lipinski definition) is 3. The van der Waals surface area contributed by atoms with E-state index >= 15 is 0 Å². The lowest BCUT2D eigenvalue weighted by Gasteiger charge is -2.14. The molecular weight excluding hydrogens is 342 g/mol. The second-order valence-corrected chi connectivity index (χ2v) is 7.04. The van der Waals surface area contributed by atoms with Crippen molar-refractivity contribution in [3.8, 4) is 0 Å². The highest BCUT2D eigenvalue weighted by Gasteiger charge is 2.16. The van der Waals surface area contributed by atoms with Gasteiger partial charge in [-0.3, -0.25) is 9.59 Å². The van der Waals surface area contributed by atoms with Gasteiger partial charge in [-0.25, -0.2) is 13.6 Å². The average molecular weight is 361 g/mol. The van der Waals surface area contributed by atoms with E-state index in [1.807, 2.05) is 30.3 Å². The van der Waals surface area contributed by atoms with Gasteiger partial charge in [-0.15, -0.1) is 0 Å². The average Bonchev–Trinajstić information content (AvgIpc) is 2.60. The summed E-state index contributed by atoms with van der Waals surface area (Å²) in [5.74, 6) is -1.50. The zero-order valence-electron chi connectivity index (χ0n) is 13.6. The van der Waals surface area contributed by atoms with Gasteiger partial charge in [-0.1, -0.05) is 42.5 Å². The summed E-state index contributed by atoms with van der Waals surface area (Å²) >= 11 is 0. The third-order valence-corrected chi connectivity index (χ3v) is 4.49. The second-order valence-electron chi connectivity index (χ2n) is 5.48. The molecule has 1 atom stereocenters. The van der Waals surface area contributed by atoms with Crippen LogP contribution in [-0.4, -0.2) is 20.2 Å². The van der Waals surface area contributed by atoms with Crippen LogP contribution in [0.3, 0.4) is 0 Å². The van der Waals surface area contributed by atoms with Gasteiger partial charge in [0.1, 0.15) is 0 Å². The van der Waals surface area contributed by atoms with Crippen molar-refractivity contribution in [1.29, 1.82) is 0 Å². The summed E-state index contributed by atoms with van der Waals surface area (Å²) in [6, 6.07) is 14.7. The normalized spacial score (nSPS) is 12.2. The number of rotatable bonds is 5. The summed E-state index contributed by atoms with van der Waals surface area (Å²) in [5.41, 5.74) is 1.53. The molecule has 0 aliphatic carbocycles. The Labute approximate surface area is 146 Å². The molecule has 0 unspecified atom stereocenters. The molecule has 2 aromatic rings. The number of primary sulfonamides is 1. The van der Waals surface area contributed by atoms with E-state index in [9.17, 15) is 18.0 Å². The maximum absolute atomic E-state index is 11.9. The Bertz CT molecular complexity index is 849. The third kappa shape index (κ3) is 5.40. The SMILES string of the molecule is C[C@H](NC(=O)C(=O)NCc1ccc(S(N)(=O)=O)cc1)c1ccccc1. The molecule has 0 radical (unpaired) electrons. The standard InChI is InChI=1S/C17H19N3O4S/c1-12(14-5-3-2-4-6-14)20-17(22)16(21)19-11-13-7-9-15(10-8-13)25(18,23)24/h2-10,12H,11H2,1H3,(H,19,21)(H,20,22)(H2,18,23,24)/t12-/m0/s1.